The van der Waals surface area contributed by atoms with Crippen LogP contribution in [-0.4, -0.2) is 49.7 Å². The minimum atomic E-state index is -0.169. The van der Waals surface area contributed by atoms with Crippen LogP contribution in [0.25, 0.3) is 0 Å². The van der Waals surface area contributed by atoms with Gasteiger partial charge in [-0.25, -0.2) is 0 Å². The lowest BCUT2D eigenvalue weighted by Gasteiger charge is -2.13. The first-order valence-corrected chi connectivity index (χ1v) is 9.22. The molecule has 6 nitrogen and oxygen atoms in total. The van der Waals surface area contributed by atoms with Crippen LogP contribution >= 0.6 is 12.2 Å². The number of ether oxygens (including phenoxy) is 1. The molecule has 0 saturated heterocycles. The highest BCUT2D eigenvalue weighted by Crippen LogP contribution is 2.17. The summed E-state index contributed by atoms with van der Waals surface area (Å²) in [5.74, 6) is 0.610. The third-order valence-electron chi connectivity index (χ3n) is 3.67. The zero-order chi connectivity index (χ0) is 19.6. The number of carbonyl (C=O) groups is 1. The second-order valence-electron chi connectivity index (χ2n) is 6.17. The molecule has 0 heterocycles. The maximum atomic E-state index is 12.4. The number of carbonyl (C=O) groups excluding carboxylic acids is 1. The number of thiocarbonyl (C=S) groups is 1. The summed E-state index contributed by atoms with van der Waals surface area (Å²) in [6.07, 6.45) is 0. The maximum Gasteiger partial charge on any atom is 0.255 e. The monoisotopic (exact) mass is 386 g/mol. The zero-order valence-corrected chi connectivity index (χ0v) is 16.7. The van der Waals surface area contributed by atoms with Crippen LogP contribution in [0.2, 0.25) is 0 Å². The molecule has 2 rings (SSSR count). The van der Waals surface area contributed by atoms with Gasteiger partial charge in [0.25, 0.3) is 5.91 Å². The van der Waals surface area contributed by atoms with E-state index >= 15 is 0 Å². The van der Waals surface area contributed by atoms with E-state index in [2.05, 4.69) is 20.9 Å². The molecule has 0 unspecified atom stereocenters. The van der Waals surface area contributed by atoms with Crippen molar-refractivity contribution in [3.8, 4) is 5.75 Å². The Balaban J connectivity index is 1.86. The van der Waals surface area contributed by atoms with E-state index in [9.17, 15) is 4.79 Å². The van der Waals surface area contributed by atoms with E-state index in [0.717, 1.165) is 30.2 Å². The second-order valence-corrected chi connectivity index (χ2v) is 6.58. The summed E-state index contributed by atoms with van der Waals surface area (Å²) in [7, 11) is 4.02. The standard InChI is InChI=1S/C20H26N4O2S/c1-4-26-18-11-9-16(10-12-18)22-19(25)15-5-7-17(8-6-15)23-20(27)21-13-14-24(2)3/h5-12H,4,13-14H2,1-3H3,(H,22,25)(H2,21,23,27). The molecule has 0 aliphatic carbocycles. The molecule has 0 aliphatic heterocycles. The van der Waals surface area contributed by atoms with Crippen molar-refractivity contribution in [2.75, 3.05) is 44.4 Å². The SMILES string of the molecule is CCOc1ccc(NC(=O)c2ccc(NC(=S)NCCN(C)C)cc2)cc1. The number of nitrogens with one attached hydrogen (secondary N) is 3. The summed E-state index contributed by atoms with van der Waals surface area (Å²) in [5, 5.41) is 9.67. The molecule has 0 bridgehead atoms. The molecule has 1 amide bonds. The lowest BCUT2D eigenvalue weighted by Crippen LogP contribution is -2.34. The molecule has 0 radical (unpaired) electrons. The van der Waals surface area contributed by atoms with Crippen LogP contribution in [0.4, 0.5) is 11.4 Å². The van der Waals surface area contributed by atoms with Gasteiger partial charge in [-0.3, -0.25) is 4.79 Å². The Bertz CT molecular complexity index is 746. The van der Waals surface area contributed by atoms with Gasteiger partial charge in [-0.05, 0) is 81.8 Å². The molecule has 2 aromatic rings. The van der Waals surface area contributed by atoms with E-state index < -0.39 is 0 Å². The summed E-state index contributed by atoms with van der Waals surface area (Å²) in [6.45, 7) is 4.20. The lowest BCUT2D eigenvalue weighted by molar-refractivity contribution is 0.102. The summed E-state index contributed by atoms with van der Waals surface area (Å²) in [6, 6.07) is 14.5. The van der Waals surface area contributed by atoms with E-state index in [1.807, 2.05) is 57.4 Å². The van der Waals surface area contributed by atoms with Gasteiger partial charge in [0.15, 0.2) is 5.11 Å². The number of hydrogen-bond donors (Lipinski definition) is 3. The van der Waals surface area contributed by atoms with Crippen LogP contribution in [0.5, 0.6) is 5.75 Å². The van der Waals surface area contributed by atoms with Crippen molar-refractivity contribution in [1.82, 2.24) is 10.2 Å². The van der Waals surface area contributed by atoms with Crippen LogP contribution in [0.3, 0.4) is 0 Å². The Morgan fingerprint density at radius 3 is 2.19 bits per heavy atom. The molecule has 0 aromatic heterocycles. The number of benzene rings is 2. The fourth-order valence-electron chi connectivity index (χ4n) is 2.28. The van der Waals surface area contributed by atoms with Crippen molar-refractivity contribution in [1.29, 1.82) is 0 Å². The molecular formula is C20H26N4O2S. The van der Waals surface area contributed by atoms with Gasteiger partial charge in [-0.1, -0.05) is 0 Å². The van der Waals surface area contributed by atoms with Crippen molar-refractivity contribution in [2.24, 2.45) is 0 Å². The lowest BCUT2D eigenvalue weighted by atomic mass is 10.2. The minimum Gasteiger partial charge on any atom is -0.494 e. The van der Waals surface area contributed by atoms with Gasteiger partial charge < -0.3 is 25.6 Å². The largest absolute Gasteiger partial charge is 0.494 e. The van der Waals surface area contributed by atoms with Crippen molar-refractivity contribution in [3.63, 3.8) is 0 Å². The summed E-state index contributed by atoms with van der Waals surface area (Å²) >= 11 is 5.26. The summed E-state index contributed by atoms with van der Waals surface area (Å²) in [4.78, 5) is 14.4. The minimum absolute atomic E-state index is 0.169. The topological polar surface area (TPSA) is 65.6 Å². The first-order valence-electron chi connectivity index (χ1n) is 8.82. The first-order chi connectivity index (χ1) is 13.0. The smallest absolute Gasteiger partial charge is 0.255 e. The predicted octanol–water partition coefficient (Wildman–Crippen LogP) is 3.19. The second kappa shape index (κ2) is 10.5. The zero-order valence-electron chi connectivity index (χ0n) is 15.9. The highest BCUT2D eigenvalue weighted by Gasteiger charge is 2.07. The molecule has 0 fully saturated rings. The molecule has 2 aromatic carbocycles. The number of nitrogens with zero attached hydrogens (tertiary/aromatic N) is 1. The molecular weight excluding hydrogens is 360 g/mol. The normalized spacial score (nSPS) is 10.4. The maximum absolute atomic E-state index is 12.4. The molecule has 144 valence electrons. The number of rotatable bonds is 8. The van der Waals surface area contributed by atoms with Crippen molar-refractivity contribution >= 4 is 34.6 Å². The van der Waals surface area contributed by atoms with Gasteiger partial charge in [0, 0.05) is 30.0 Å². The van der Waals surface area contributed by atoms with Crippen LogP contribution < -0.4 is 20.7 Å². The third kappa shape index (κ3) is 7.24. The Morgan fingerprint density at radius 2 is 1.59 bits per heavy atom. The molecule has 0 aliphatic rings. The van der Waals surface area contributed by atoms with Gasteiger partial charge in [0.05, 0.1) is 6.61 Å². The predicted molar refractivity (Wildman–Crippen MR) is 115 cm³/mol. The number of likely N-dealkylation sites (N-methyl/N-ethyl adjacent to an activating group) is 1. The average Bonchev–Trinajstić information content (AvgIpc) is 2.64. The summed E-state index contributed by atoms with van der Waals surface area (Å²) < 4.78 is 5.39. The van der Waals surface area contributed by atoms with E-state index in [0.29, 0.717) is 17.3 Å². The van der Waals surface area contributed by atoms with Crippen molar-refractivity contribution < 1.29 is 9.53 Å². The van der Waals surface area contributed by atoms with E-state index in [4.69, 9.17) is 17.0 Å². The Hall–Kier alpha value is -2.64. The van der Waals surface area contributed by atoms with Crippen molar-refractivity contribution in [3.05, 3.63) is 54.1 Å². The third-order valence-corrected chi connectivity index (χ3v) is 3.92. The Morgan fingerprint density at radius 1 is 1.00 bits per heavy atom. The van der Waals surface area contributed by atoms with Gasteiger partial charge >= 0.3 is 0 Å². The van der Waals surface area contributed by atoms with Crippen LogP contribution in [0, 0.1) is 0 Å². The number of hydrogen-bond acceptors (Lipinski definition) is 4. The van der Waals surface area contributed by atoms with Gasteiger partial charge in [-0.2, -0.15) is 0 Å². The molecule has 27 heavy (non-hydrogen) atoms. The fraction of sp³-hybridized carbons (Fsp3) is 0.300. The van der Waals surface area contributed by atoms with Gasteiger partial charge in [0.1, 0.15) is 5.75 Å². The number of amides is 1. The van der Waals surface area contributed by atoms with Crippen molar-refractivity contribution in [2.45, 2.75) is 6.92 Å². The van der Waals surface area contributed by atoms with Crippen LogP contribution in [0.15, 0.2) is 48.5 Å². The van der Waals surface area contributed by atoms with E-state index in [1.165, 1.54) is 0 Å². The van der Waals surface area contributed by atoms with E-state index in [-0.39, 0.29) is 5.91 Å². The quantitative estimate of drug-likeness (QED) is 0.606. The van der Waals surface area contributed by atoms with Gasteiger partial charge in [-0.15, -0.1) is 0 Å². The molecule has 0 saturated carbocycles. The molecule has 0 spiro atoms. The van der Waals surface area contributed by atoms with Gasteiger partial charge in [0.2, 0.25) is 0 Å². The van der Waals surface area contributed by atoms with Crippen LogP contribution in [0.1, 0.15) is 17.3 Å². The molecule has 7 heteroatoms. The molecule has 3 N–H and O–H groups in total. The molecule has 0 atom stereocenters. The Labute approximate surface area is 165 Å². The summed E-state index contributed by atoms with van der Waals surface area (Å²) in [5.41, 5.74) is 2.12. The number of anilines is 2. The fourth-order valence-corrected chi connectivity index (χ4v) is 2.50. The average molecular weight is 387 g/mol. The Kier molecular flexibility index (Phi) is 8.03. The highest BCUT2D eigenvalue weighted by molar-refractivity contribution is 7.80. The van der Waals surface area contributed by atoms with Crippen LogP contribution in [-0.2, 0) is 0 Å². The van der Waals surface area contributed by atoms with E-state index in [1.54, 1.807) is 12.1 Å². The first kappa shape index (κ1) is 20.7. The highest BCUT2D eigenvalue weighted by atomic mass is 32.1.